The number of halogens is 2. The van der Waals surface area contributed by atoms with Crippen LogP contribution in [-0.4, -0.2) is 9.97 Å². The standard InChI is InChI=1S/C10H8Cl2N4O/c11-5-1-6(12)3-7(2-5)17-9-4-8(13)15-10(14)16-9/h1-4H,(H4,13,14,15,16). The van der Waals surface area contributed by atoms with Crippen LogP contribution in [0.15, 0.2) is 24.3 Å². The number of hydrogen-bond donors (Lipinski definition) is 2. The van der Waals surface area contributed by atoms with Crippen LogP contribution in [0.25, 0.3) is 0 Å². The zero-order chi connectivity index (χ0) is 12.4. The van der Waals surface area contributed by atoms with Crippen molar-refractivity contribution in [2.24, 2.45) is 0 Å². The van der Waals surface area contributed by atoms with Gasteiger partial charge in [0.05, 0.1) is 0 Å². The average Bonchev–Trinajstić information content (AvgIpc) is 2.13. The number of rotatable bonds is 2. The van der Waals surface area contributed by atoms with Crippen LogP contribution in [0.2, 0.25) is 10.0 Å². The SMILES string of the molecule is Nc1cc(Oc2cc(Cl)cc(Cl)c2)nc(N)n1. The van der Waals surface area contributed by atoms with Gasteiger partial charge in [-0.15, -0.1) is 0 Å². The van der Waals surface area contributed by atoms with Crippen LogP contribution >= 0.6 is 23.2 Å². The number of aromatic nitrogens is 2. The summed E-state index contributed by atoms with van der Waals surface area (Å²) in [5, 5.41) is 0.921. The molecular formula is C10H8Cl2N4O. The third kappa shape index (κ3) is 3.12. The van der Waals surface area contributed by atoms with Crippen molar-refractivity contribution in [2.45, 2.75) is 0 Å². The molecule has 0 aliphatic heterocycles. The Balaban J connectivity index is 2.31. The lowest BCUT2D eigenvalue weighted by Gasteiger charge is -2.06. The molecule has 0 saturated carbocycles. The number of ether oxygens (including phenoxy) is 1. The van der Waals surface area contributed by atoms with E-state index in [9.17, 15) is 0 Å². The minimum absolute atomic E-state index is 0.0353. The molecule has 0 fully saturated rings. The predicted octanol–water partition coefficient (Wildman–Crippen LogP) is 2.74. The zero-order valence-corrected chi connectivity index (χ0v) is 10.0. The second-order valence-corrected chi connectivity index (χ2v) is 4.07. The summed E-state index contributed by atoms with van der Waals surface area (Å²) in [5.41, 5.74) is 10.9. The van der Waals surface area contributed by atoms with Crippen LogP contribution in [0.3, 0.4) is 0 Å². The number of nitrogen functional groups attached to an aromatic ring is 2. The lowest BCUT2D eigenvalue weighted by Crippen LogP contribution is -2.00. The van der Waals surface area contributed by atoms with Crippen molar-refractivity contribution in [2.75, 3.05) is 11.5 Å². The lowest BCUT2D eigenvalue weighted by molar-refractivity contribution is 0.463. The van der Waals surface area contributed by atoms with E-state index in [4.69, 9.17) is 39.4 Å². The molecule has 88 valence electrons. The van der Waals surface area contributed by atoms with Crippen LogP contribution in [0.1, 0.15) is 0 Å². The molecule has 0 saturated heterocycles. The van der Waals surface area contributed by atoms with Crippen molar-refractivity contribution in [3.8, 4) is 11.6 Å². The molecule has 0 radical (unpaired) electrons. The van der Waals surface area contributed by atoms with Crippen molar-refractivity contribution in [3.05, 3.63) is 34.3 Å². The van der Waals surface area contributed by atoms with E-state index in [2.05, 4.69) is 9.97 Å². The third-order valence-corrected chi connectivity index (χ3v) is 2.23. The maximum atomic E-state index is 5.83. The van der Waals surface area contributed by atoms with Gasteiger partial charge in [0.2, 0.25) is 11.8 Å². The fourth-order valence-electron chi connectivity index (χ4n) is 1.22. The first-order chi connectivity index (χ1) is 8.02. The second-order valence-electron chi connectivity index (χ2n) is 3.20. The summed E-state index contributed by atoms with van der Waals surface area (Å²) in [7, 11) is 0. The molecule has 0 amide bonds. The second kappa shape index (κ2) is 4.65. The van der Waals surface area contributed by atoms with Crippen molar-refractivity contribution in [1.29, 1.82) is 0 Å². The van der Waals surface area contributed by atoms with Gasteiger partial charge in [-0.1, -0.05) is 23.2 Å². The van der Waals surface area contributed by atoms with E-state index < -0.39 is 0 Å². The summed E-state index contributed by atoms with van der Waals surface area (Å²) in [4.78, 5) is 7.59. The Kier molecular flexibility index (Phi) is 3.21. The Hall–Kier alpha value is -1.72. The summed E-state index contributed by atoms with van der Waals surface area (Å²) >= 11 is 11.7. The van der Waals surface area contributed by atoms with Crippen molar-refractivity contribution >= 4 is 35.0 Å². The Morgan fingerprint density at radius 1 is 0.941 bits per heavy atom. The van der Waals surface area contributed by atoms with Gasteiger partial charge in [0.15, 0.2) is 0 Å². The summed E-state index contributed by atoms with van der Waals surface area (Å²) in [6.45, 7) is 0. The lowest BCUT2D eigenvalue weighted by atomic mass is 10.3. The fourth-order valence-corrected chi connectivity index (χ4v) is 1.73. The Morgan fingerprint density at radius 3 is 2.18 bits per heavy atom. The molecule has 2 aromatic rings. The highest BCUT2D eigenvalue weighted by molar-refractivity contribution is 6.34. The van der Waals surface area contributed by atoms with Crippen molar-refractivity contribution < 1.29 is 4.74 Å². The number of benzene rings is 1. The van der Waals surface area contributed by atoms with Crippen LogP contribution in [0.4, 0.5) is 11.8 Å². The largest absolute Gasteiger partial charge is 0.439 e. The van der Waals surface area contributed by atoms with Gasteiger partial charge in [0.25, 0.3) is 0 Å². The fraction of sp³-hybridized carbons (Fsp3) is 0. The van der Waals surface area contributed by atoms with Gasteiger partial charge < -0.3 is 16.2 Å². The minimum atomic E-state index is 0.0353. The zero-order valence-electron chi connectivity index (χ0n) is 8.52. The molecule has 0 aliphatic carbocycles. The molecule has 2 rings (SSSR count). The minimum Gasteiger partial charge on any atom is -0.439 e. The predicted molar refractivity (Wildman–Crippen MR) is 67.4 cm³/mol. The van der Waals surface area contributed by atoms with Crippen LogP contribution in [-0.2, 0) is 0 Å². The van der Waals surface area contributed by atoms with Crippen LogP contribution < -0.4 is 16.2 Å². The quantitative estimate of drug-likeness (QED) is 0.876. The van der Waals surface area contributed by atoms with E-state index in [-0.39, 0.29) is 17.6 Å². The summed E-state index contributed by atoms with van der Waals surface area (Å²) in [6.07, 6.45) is 0. The van der Waals surface area contributed by atoms with Gasteiger partial charge in [-0.05, 0) is 18.2 Å². The van der Waals surface area contributed by atoms with E-state index >= 15 is 0 Å². The topological polar surface area (TPSA) is 87.0 Å². The highest BCUT2D eigenvalue weighted by atomic mass is 35.5. The summed E-state index contributed by atoms with van der Waals surface area (Å²) in [5.74, 6) is 0.932. The molecule has 0 bridgehead atoms. The molecule has 0 aliphatic rings. The molecule has 17 heavy (non-hydrogen) atoms. The third-order valence-electron chi connectivity index (χ3n) is 1.80. The van der Waals surface area contributed by atoms with E-state index in [0.29, 0.717) is 15.8 Å². The monoisotopic (exact) mass is 270 g/mol. The van der Waals surface area contributed by atoms with E-state index in [0.717, 1.165) is 0 Å². The Bertz CT molecular complexity index is 472. The first kappa shape index (κ1) is 11.8. The van der Waals surface area contributed by atoms with Gasteiger partial charge in [-0.3, -0.25) is 0 Å². The van der Waals surface area contributed by atoms with Gasteiger partial charge in [0.1, 0.15) is 11.6 Å². The normalized spacial score (nSPS) is 10.2. The van der Waals surface area contributed by atoms with E-state index in [1.54, 1.807) is 18.2 Å². The molecule has 0 atom stereocenters. The number of hydrogen-bond acceptors (Lipinski definition) is 5. The van der Waals surface area contributed by atoms with E-state index in [1.165, 1.54) is 6.07 Å². The highest BCUT2D eigenvalue weighted by Crippen LogP contribution is 2.28. The number of nitrogens with zero attached hydrogens (tertiary/aromatic N) is 2. The Labute approximate surface area is 107 Å². The Morgan fingerprint density at radius 2 is 1.59 bits per heavy atom. The van der Waals surface area contributed by atoms with Crippen molar-refractivity contribution in [1.82, 2.24) is 9.97 Å². The first-order valence-corrected chi connectivity index (χ1v) is 5.32. The van der Waals surface area contributed by atoms with Gasteiger partial charge in [-0.25, -0.2) is 0 Å². The molecule has 0 spiro atoms. The molecule has 5 nitrogen and oxygen atoms in total. The summed E-state index contributed by atoms with van der Waals surface area (Å²) in [6, 6.07) is 6.24. The molecule has 1 aromatic heterocycles. The van der Waals surface area contributed by atoms with E-state index in [1.807, 2.05) is 0 Å². The molecule has 1 heterocycles. The van der Waals surface area contributed by atoms with Crippen LogP contribution in [0, 0.1) is 0 Å². The molecule has 1 aromatic carbocycles. The van der Waals surface area contributed by atoms with Gasteiger partial charge in [0, 0.05) is 16.1 Å². The molecule has 0 unspecified atom stereocenters. The molecular weight excluding hydrogens is 263 g/mol. The maximum Gasteiger partial charge on any atom is 0.226 e. The highest BCUT2D eigenvalue weighted by Gasteiger charge is 2.04. The number of anilines is 2. The number of nitrogens with two attached hydrogens (primary N) is 2. The molecule has 4 N–H and O–H groups in total. The van der Waals surface area contributed by atoms with Crippen LogP contribution in [0.5, 0.6) is 11.6 Å². The smallest absolute Gasteiger partial charge is 0.226 e. The molecule has 7 heteroatoms. The first-order valence-electron chi connectivity index (χ1n) is 4.57. The van der Waals surface area contributed by atoms with Gasteiger partial charge in [-0.2, -0.15) is 9.97 Å². The maximum absolute atomic E-state index is 5.83. The van der Waals surface area contributed by atoms with Crippen molar-refractivity contribution in [3.63, 3.8) is 0 Å². The summed E-state index contributed by atoms with van der Waals surface area (Å²) < 4.78 is 5.42. The average molecular weight is 271 g/mol. The van der Waals surface area contributed by atoms with Gasteiger partial charge >= 0.3 is 0 Å².